The Hall–Kier alpha value is -6.85. The molecule has 0 saturated heterocycles. The number of nitrogens with zero attached hydrogens (tertiary/aromatic N) is 5. The Kier molecular flexibility index (Phi) is 9.34. The molecule has 0 aliphatic rings. The minimum Gasteiger partial charge on any atom is -0.309 e. The van der Waals surface area contributed by atoms with E-state index in [4.69, 9.17) is 15.0 Å². The van der Waals surface area contributed by atoms with Gasteiger partial charge in [-0.3, -0.25) is 4.57 Å². The molecule has 58 heavy (non-hydrogen) atoms. The molecule has 0 amide bonds. The Balaban J connectivity index is 1.30. The Morgan fingerprint density at radius 3 is 1.53 bits per heavy atom. The second-order valence-corrected chi connectivity index (χ2v) is 15.4. The largest absolute Gasteiger partial charge is 0.309 e. The molecule has 0 bridgehead atoms. The highest BCUT2D eigenvalue weighted by atomic mass is 15.2. The van der Waals surface area contributed by atoms with Crippen LogP contribution in [0.15, 0.2) is 164 Å². The lowest BCUT2D eigenvalue weighted by molar-refractivity contribution is 0.796. The lowest BCUT2D eigenvalue weighted by Gasteiger charge is -2.12. The first kappa shape index (κ1) is 35.6. The summed E-state index contributed by atoms with van der Waals surface area (Å²) in [6.07, 6.45) is 6.71. The van der Waals surface area contributed by atoms with Gasteiger partial charge in [-0.05, 0) is 90.4 Å². The monoisotopic (exact) mass is 751 g/mol. The van der Waals surface area contributed by atoms with Gasteiger partial charge >= 0.3 is 0 Å². The molecule has 0 radical (unpaired) electrons. The topological polar surface area (TPSA) is 48.5 Å². The number of aryl methyl sites for hydroxylation is 2. The molecule has 0 N–H and O–H groups in total. The number of fused-ring (bicyclic) bond motifs is 7. The summed E-state index contributed by atoms with van der Waals surface area (Å²) in [5.74, 6) is 1.88. The smallest absolute Gasteiger partial charge is 0.238 e. The lowest BCUT2D eigenvalue weighted by Crippen LogP contribution is -2.06. The van der Waals surface area contributed by atoms with Crippen LogP contribution in [0.4, 0.5) is 0 Å². The first-order valence-corrected chi connectivity index (χ1v) is 20.7. The minimum absolute atomic E-state index is 0.604. The maximum absolute atomic E-state index is 5.39. The maximum atomic E-state index is 5.39. The summed E-state index contributed by atoms with van der Waals surface area (Å²) < 4.78 is 4.74. The van der Waals surface area contributed by atoms with Gasteiger partial charge in [0.2, 0.25) is 5.95 Å². The van der Waals surface area contributed by atoms with Crippen LogP contribution in [0.2, 0.25) is 0 Å². The van der Waals surface area contributed by atoms with E-state index in [2.05, 4.69) is 169 Å². The fraction of sp³-hybridized carbons (Fsp3) is 0.151. The van der Waals surface area contributed by atoms with E-state index in [-0.39, 0.29) is 0 Å². The molecule has 0 saturated carbocycles. The van der Waals surface area contributed by atoms with Crippen molar-refractivity contribution in [1.82, 2.24) is 24.1 Å². The highest BCUT2D eigenvalue weighted by molar-refractivity contribution is 6.26. The number of aromatic nitrogens is 5. The van der Waals surface area contributed by atoms with Crippen LogP contribution in [0.1, 0.15) is 50.7 Å². The molecule has 5 heteroatoms. The Bertz CT molecular complexity index is 3050. The van der Waals surface area contributed by atoms with Gasteiger partial charge in [-0.1, -0.05) is 148 Å². The van der Waals surface area contributed by atoms with Crippen LogP contribution in [0.3, 0.4) is 0 Å². The Morgan fingerprint density at radius 2 is 0.914 bits per heavy atom. The molecule has 0 fully saturated rings. The molecule has 0 aliphatic carbocycles. The van der Waals surface area contributed by atoms with Gasteiger partial charge in [0.15, 0.2) is 11.6 Å². The van der Waals surface area contributed by atoms with Gasteiger partial charge in [0, 0.05) is 38.4 Å². The predicted octanol–water partition coefficient (Wildman–Crippen LogP) is 13.8. The number of hydrogen-bond donors (Lipinski definition) is 0. The van der Waals surface area contributed by atoms with Gasteiger partial charge in [-0.25, -0.2) is 4.98 Å². The predicted molar refractivity (Wildman–Crippen MR) is 242 cm³/mol. The molecule has 0 atom stereocenters. The second-order valence-electron chi connectivity index (χ2n) is 15.4. The van der Waals surface area contributed by atoms with E-state index in [1.165, 1.54) is 43.8 Å². The highest BCUT2D eigenvalue weighted by Gasteiger charge is 2.24. The summed E-state index contributed by atoms with van der Waals surface area (Å²) in [4.78, 5) is 15.9. The molecular weight excluding hydrogens is 707 g/mol. The maximum Gasteiger partial charge on any atom is 0.238 e. The average Bonchev–Trinajstić information content (AvgIpc) is 3.80. The van der Waals surface area contributed by atoms with Crippen LogP contribution >= 0.6 is 0 Å². The second kappa shape index (κ2) is 15.2. The number of unbranched alkanes of at least 4 members (excludes halogenated alkanes) is 2. The molecule has 10 aromatic rings. The molecule has 3 heterocycles. The van der Waals surface area contributed by atoms with Crippen molar-refractivity contribution in [2.75, 3.05) is 0 Å². The summed E-state index contributed by atoms with van der Waals surface area (Å²) in [5, 5.41) is 4.85. The van der Waals surface area contributed by atoms with Gasteiger partial charge in [0.05, 0.1) is 22.1 Å². The van der Waals surface area contributed by atoms with Crippen LogP contribution in [-0.2, 0) is 12.8 Å². The van der Waals surface area contributed by atoms with Crippen LogP contribution in [-0.4, -0.2) is 24.1 Å². The summed E-state index contributed by atoms with van der Waals surface area (Å²) in [7, 11) is 0. The summed E-state index contributed by atoms with van der Waals surface area (Å²) in [5.41, 5.74) is 12.6. The van der Waals surface area contributed by atoms with E-state index in [0.717, 1.165) is 77.5 Å². The van der Waals surface area contributed by atoms with Crippen molar-refractivity contribution in [3.05, 3.63) is 175 Å². The highest BCUT2D eigenvalue weighted by Crippen LogP contribution is 2.42. The summed E-state index contributed by atoms with van der Waals surface area (Å²) >= 11 is 0. The third-order valence-corrected chi connectivity index (χ3v) is 11.5. The number of rotatable bonds is 11. The first-order valence-electron chi connectivity index (χ1n) is 20.7. The van der Waals surface area contributed by atoms with Crippen molar-refractivity contribution in [2.24, 2.45) is 0 Å². The van der Waals surface area contributed by atoms with E-state index >= 15 is 0 Å². The Morgan fingerprint density at radius 1 is 0.414 bits per heavy atom. The molecule has 7 aromatic carbocycles. The van der Waals surface area contributed by atoms with E-state index in [1.54, 1.807) is 0 Å². The van der Waals surface area contributed by atoms with E-state index in [1.807, 2.05) is 18.2 Å². The SMILES string of the molecule is CCCCc1ccc2c(c1)c1c(ccc3c4cc(CCCC)ccc4n(-c4nc(-c5ccccc5)nc(-c5ccc(-c6ccccc6)cc5)n4)c31)n2-c1ccccc1. The zero-order valence-electron chi connectivity index (χ0n) is 33.1. The van der Waals surface area contributed by atoms with Crippen molar-refractivity contribution < 1.29 is 0 Å². The standard InChI is InChI=1S/C53H45N5/c1-3-5-16-36-24-31-46-44(34-36)43-30-33-48-49(45-35-37(17-6-4-2)25-32-47(45)57(48)42-22-14-9-15-23-42)50(43)58(46)53-55-51(40-20-12-8-13-21-40)54-52(56-53)41-28-26-39(27-29-41)38-18-10-7-11-19-38/h7-15,18-35H,3-6,16-17H2,1-2H3. The van der Waals surface area contributed by atoms with Crippen LogP contribution in [0.5, 0.6) is 0 Å². The van der Waals surface area contributed by atoms with Crippen molar-refractivity contribution >= 4 is 43.6 Å². The third kappa shape index (κ3) is 6.33. The van der Waals surface area contributed by atoms with E-state index in [0.29, 0.717) is 17.6 Å². The molecule has 5 nitrogen and oxygen atoms in total. The van der Waals surface area contributed by atoms with Gasteiger partial charge in [0.1, 0.15) is 0 Å². The minimum atomic E-state index is 0.604. The van der Waals surface area contributed by atoms with E-state index < -0.39 is 0 Å². The van der Waals surface area contributed by atoms with Gasteiger partial charge in [-0.2, -0.15) is 9.97 Å². The molecule has 0 aliphatic heterocycles. The van der Waals surface area contributed by atoms with Crippen LogP contribution < -0.4 is 0 Å². The van der Waals surface area contributed by atoms with Crippen molar-refractivity contribution in [2.45, 2.75) is 52.4 Å². The molecular formula is C53H45N5. The molecule has 0 unspecified atom stereocenters. The molecule has 3 aromatic heterocycles. The summed E-state index contributed by atoms with van der Waals surface area (Å²) in [6, 6.07) is 58.8. The van der Waals surface area contributed by atoms with Crippen molar-refractivity contribution in [3.8, 4) is 45.5 Å². The normalized spacial score (nSPS) is 11.7. The lowest BCUT2D eigenvalue weighted by atomic mass is 10.0. The Labute approximate surface area is 339 Å². The van der Waals surface area contributed by atoms with E-state index in [9.17, 15) is 0 Å². The first-order chi connectivity index (χ1) is 28.7. The average molecular weight is 752 g/mol. The fourth-order valence-electron chi connectivity index (χ4n) is 8.59. The summed E-state index contributed by atoms with van der Waals surface area (Å²) in [6.45, 7) is 4.52. The zero-order valence-corrected chi connectivity index (χ0v) is 33.1. The molecule has 0 spiro atoms. The number of benzene rings is 7. The van der Waals surface area contributed by atoms with Crippen LogP contribution in [0, 0.1) is 0 Å². The third-order valence-electron chi connectivity index (χ3n) is 11.5. The van der Waals surface area contributed by atoms with Crippen LogP contribution in [0.25, 0.3) is 89.2 Å². The number of para-hydroxylation sites is 1. The van der Waals surface area contributed by atoms with Gasteiger partial charge in [0.25, 0.3) is 0 Å². The van der Waals surface area contributed by atoms with Crippen molar-refractivity contribution in [1.29, 1.82) is 0 Å². The number of hydrogen-bond acceptors (Lipinski definition) is 3. The van der Waals surface area contributed by atoms with Gasteiger partial charge in [-0.15, -0.1) is 0 Å². The van der Waals surface area contributed by atoms with Gasteiger partial charge < -0.3 is 4.57 Å². The van der Waals surface area contributed by atoms with Crippen molar-refractivity contribution in [3.63, 3.8) is 0 Å². The fourth-order valence-corrected chi connectivity index (χ4v) is 8.59. The molecule has 282 valence electrons. The quantitative estimate of drug-likeness (QED) is 0.132. The zero-order chi connectivity index (χ0) is 39.0. The molecule has 10 rings (SSSR count).